The summed E-state index contributed by atoms with van der Waals surface area (Å²) < 4.78 is 6.68. The van der Waals surface area contributed by atoms with Crippen LogP contribution in [0.1, 0.15) is 65.2 Å². The zero-order valence-electron chi connectivity index (χ0n) is 16.9. The molecule has 4 rings (SSSR count). The maximum Gasteiger partial charge on any atom is 0.184 e. The molecule has 4 aliphatic rings. The maximum absolute atomic E-state index is 11.9. The van der Waals surface area contributed by atoms with Gasteiger partial charge in [0.2, 0.25) is 0 Å². The van der Waals surface area contributed by atoms with Gasteiger partial charge in [-0.25, -0.2) is 0 Å². The molecule has 25 heavy (non-hydrogen) atoms. The van der Waals surface area contributed by atoms with Gasteiger partial charge >= 0.3 is 0 Å². The van der Waals surface area contributed by atoms with Gasteiger partial charge in [0.1, 0.15) is 0 Å². The van der Waals surface area contributed by atoms with Crippen molar-refractivity contribution in [3.05, 3.63) is 11.6 Å². The zero-order valence-corrected chi connectivity index (χ0v) is 17.9. The van der Waals surface area contributed by atoms with Crippen LogP contribution in [0.5, 0.6) is 0 Å². The number of carbonyl (C=O) groups is 1. The summed E-state index contributed by atoms with van der Waals surface area (Å²) >= 11 is 0. The molecule has 0 radical (unpaired) electrons. The van der Waals surface area contributed by atoms with E-state index in [0.717, 1.165) is 37.0 Å². The number of hydrogen-bond acceptors (Lipinski definition) is 2. The summed E-state index contributed by atoms with van der Waals surface area (Å²) in [6, 6.07) is 0. The van der Waals surface area contributed by atoms with Gasteiger partial charge in [0.25, 0.3) is 0 Å². The minimum absolute atomic E-state index is 0.301. The quantitative estimate of drug-likeness (QED) is 0.587. The fourth-order valence-electron chi connectivity index (χ4n) is 7.13. The third-order valence-electron chi connectivity index (χ3n) is 8.37. The Morgan fingerprint density at radius 3 is 2.48 bits per heavy atom. The van der Waals surface area contributed by atoms with Crippen molar-refractivity contribution in [1.29, 1.82) is 0 Å². The molecule has 3 saturated carbocycles. The van der Waals surface area contributed by atoms with Gasteiger partial charge in [-0.15, -0.1) is 0 Å². The van der Waals surface area contributed by atoms with Crippen molar-refractivity contribution in [3.8, 4) is 0 Å². The van der Waals surface area contributed by atoms with Crippen LogP contribution in [-0.4, -0.2) is 20.2 Å². The third-order valence-corrected chi connectivity index (χ3v) is 9.36. The molecular weight excluding hydrogens is 324 g/mol. The average Bonchev–Trinajstić information content (AvgIpc) is 2.83. The molecular formula is C22H36O2Si. The van der Waals surface area contributed by atoms with Gasteiger partial charge < -0.3 is 4.43 Å². The van der Waals surface area contributed by atoms with Gasteiger partial charge in [0, 0.05) is 6.42 Å². The van der Waals surface area contributed by atoms with E-state index in [9.17, 15) is 4.79 Å². The highest BCUT2D eigenvalue weighted by atomic mass is 28.4. The molecule has 0 heterocycles. The molecule has 2 nitrogen and oxygen atoms in total. The first-order chi connectivity index (χ1) is 11.6. The van der Waals surface area contributed by atoms with Crippen LogP contribution in [0, 0.1) is 28.6 Å². The lowest BCUT2D eigenvalue weighted by molar-refractivity contribution is -0.117. The van der Waals surface area contributed by atoms with Crippen LogP contribution in [0.15, 0.2) is 11.6 Å². The monoisotopic (exact) mass is 360 g/mol. The lowest BCUT2D eigenvalue weighted by Gasteiger charge is -2.58. The van der Waals surface area contributed by atoms with E-state index in [4.69, 9.17) is 4.43 Å². The van der Waals surface area contributed by atoms with Crippen LogP contribution < -0.4 is 0 Å². The molecule has 0 amide bonds. The summed E-state index contributed by atoms with van der Waals surface area (Å²) in [5.41, 5.74) is 2.18. The van der Waals surface area contributed by atoms with Crippen LogP contribution in [0.25, 0.3) is 0 Å². The van der Waals surface area contributed by atoms with Crippen LogP contribution in [0.2, 0.25) is 19.6 Å². The van der Waals surface area contributed by atoms with Gasteiger partial charge in [0.05, 0.1) is 6.10 Å². The topological polar surface area (TPSA) is 26.3 Å². The Hall–Kier alpha value is -0.413. The van der Waals surface area contributed by atoms with E-state index in [1.165, 1.54) is 37.7 Å². The molecule has 0 saturated heterocycles. The predicted octanol–water partition coefficient (Wildman–Crippen LogP) is 5.74. The van der Waals surface area contributed by atoms with E-state index < -0.39 is 8.32 Å². The van der Waals surface area contributed by atoms with Crippen molar-refractivity contribution in [2.75, 3.05) is 0 Å². The van der Waals surface area contributed by atoms with Crippen LogP contribution in [0.3, 0.4) is 0 Å². The van der Waals surface area contributed by atoms with E-state index in [2.05, 4.69) is 33.5 Å². The largest absolute Gasteiger partial charge is 0.414 e. The lowest BCUT2D eigenvalue weighted by Crippen LogP contribution is -2.52. The van der Waals surface area contributed by atoms with E-state index in [-0.39, 0.29) is 0 Å². The number of carbonyl (C=O) groups excluding carboxylic acids is 1. The highest BCUT2D eigenvalue weighted by Crippen LogP contribution is 2.65. The van der Waals surface area contributed by atoms with Crippen molar-refractivity contribution >= 4 is 14.1 Å². The molecule has 0 unspecified atom stereocenters. The van der Waals surface area contributed by atoms with Crippen LogP contribution in [-0.2, 0) is 9.22 Å². The molecule has 0 aliphatic heterocycles. The molecule has 140 valence electrons. The van der Waals surface area contributed by atoms with Crippen molar-refractivity contribution in [2.24, 2.45) is 28.6 Å². The summed E-state index contributed by atoms with van der Waals surface area (Å²) in [5.74, 6) is 2.85. The summed E-state index contributed by atoms with van der Waals surface area (Å²) in [6.07, 6.45) is 12.1. The molecule has 0 aromatic carbocycles. The maximum atomic E-state index is 11.9. The Balaban J connectivity index is 1.60. The minimum atomic E-state index is -1.49. The van der Waals surface area contributed by atoms with Gasteiger partial charge in [-0.2, -0.15) is 0 Å². The molecule has 0 aromatic rings. The normalized spacial score (nSPS) is 46.9. The standard InChI is InChI=1S/C22H36O2Si/c1-21-12-10-16(23)14-15(21)6-7-17-18-8-9-20(24-25(3,4)5)22(18,2)13-11-19(17)21/h14,17-20H,6-13H2,1-5H3/t17-,18-,19-,20+,21+,22+/m1/s1. The highest BCUT2D eigenvalue weighted by molar-refractivity contribution is 6.69. The SMILES string of the molecule is C[C@]12CC[C@@H]3[C@H](CCC4=CC(=O)CC[C@@]43C)[C@H]1CC[C@@H]2O[Si](C)(C)C. The number of ketones is 1. The van der Waals surface area contributed by atoms with E-state index in [0.29, 0.717) is 22.7 Å². The first-order valence-electron chi connectivity index (χ1n) is 10.6. The number of allylic oxidation sites excluding steroid dienone is 1. The predicted molar refractivity (Wildman–Crippen MR) is 105 cm³/mol. The number of rotatable bonds is 2. The van der Waals surface area contributed by atoms with Gasteiger partial charge in [-0.05, 0) is 99.2 Å². The third kappa shape index (κ3) is 2.81. The Morgan fingerprint density at radius 1 is 1.00 bits per heavy atom. The minimum Gasteiger partial charge on any atom is -0.414 e. The Bertz CT molecular complexity index is 604. The first kappa shape index (κ1) is 18.0. The van der Waals surface area contributed by atoms with Crippen LogP contribution in [0.4, 0.5) is 0 Å². The Labute approximate surface area is 154 Å². The van der Waals surface area contributed by atoms with Crippen molar-refractivity contribution < 1.29 is 9.22 Å². The highest BCUT2D eigenvalue weighted by Gasteiger charge is 2.59. The molecule has 0 bridgehead atoms. The molecule has 0 spiro atoms. The summed E-state index contributed by atoms with van der Waals surface area (Å²) in [7, 11) is -1.49. The van der Waals surface area contributed by atoms with Crippen molar-refractivity contribution in [3.63, 3.8) is 0 Å². The summed E-state index contributed by atoms with van der Waals surface area (Å²) in [5, 5.41) is 0. The van der Waals surface area contributed by atoms with E-state index in [1.54, 1.807) is 0 Å². The fraction of sp³-hybridized carbons (Fsp3) is 0.864. The lowest BCUT2D eigenvalue weighted by atomic mass is 9.47. The summed E-state index contributed by atoms with van der Waals surface area (Å²) in [4.78, 5) is 11.9. The molecule has 4 aliphatic carbocycles. The molecule has 3 fully saturated rings. The number of hydrogen-bond donors (Lipinski definition) is 0. The molecule has 3 heteroatoms. The Morgan fingerprint density at radius 2 is 1.76 bits per heavy atom. The number of fused-ring (bicyclic) bond motifs is 5. The second kappa shape index (κ2) is 5.79. The fourth-order valence-corrected chi connectivity index (χ4v) is 8.37. The second-order valence-electron chi connectivity index (χ2n) is 10.8. The molecule has 0 N–H and O–H groups in total. The van der Waals surface area contributed by atoms with Crippen LogP contribution >= 0.6 is 0 Å². The van der Waals surface area contributed by atoms with E-state index >= 15 is 0 Å². The van der Waals surface area contributed by atoms with Gasteiger partial charge in [-0.1, -0.05) is 19.4 Å². The smallest absolute Gasteiger partial charge is 0.184 e. The first-order valence-corrected chi connectivity index (χ1v) is 14.0. The van der Waals surface area contributed by atoms with Crippen molar-refractivity contribution in [2.45, 2.75) is 91.0 Å². The Kier molecular flexibility index (Phi) is 4.16. The zero-order chi connectivity index (χ0) is 18.0. The van der Waals surface area contributed by atoms with Crippen molar-refractivity contribution in [1.82, 2.24) is 0 Å². The van der Waals surface area contributed by atoms with E-state index in [1.807, 2.05) is 6.08 Å². The second-order valence-corrected chi connectivity index (χ2v) is 15.3. The molecule has 6 atom stereocenters. The van der Waals surface area contributed by atoms with Gasteiger partial charge in [-0.3, -0.25) is 4.79 Å². The van der Waals surface area contributed by atoms with Gasteiger partial charge in [0.15, 0.2) is 14.1 Å². The summed E-state index contributed by atoms with van der Waals surface area (Å²) in [6.45, 7) is 12.0. The molecule has 0 aromatic heterocycles. The average molecular weight is 361 g/mol.